The lowest BCUT2D eigenvalue weighted by Gasteiger charge is -2.24. The predicted octanol–water partition coefficient (Wildman–Crippen LogP) is 2.32. The van der Waals surface area contributed by atoms with Gasteiger partial charge in [0.25, 0.3) is 0 Å². The van der Waals surface area contributed by atoms with E-state index >= 15 is 0 Å². The summed E-state index contributed by atoms with van der Waals surface area (Å²) in [6, 6.07) is 0. The zero-order chi connectivity index (χ0) is 11.8. The summed E-state index contributed by atoms with van der Waals surface area (Å²) in [6.45, 7) is 14.2. The van der Waals surface area contributed by atoms with Gasteiger partial charge in [0, 0.05) is 19.5 Å². The highest BCUT2D eigenvalue weighted by molar-refractivity contribution is 5.23. The number of hydrazone groups is 1. The Morgan fingerprint density at radius 3 is 2.40 bits per heavy atom. The summed E-state index contributed by atoms with van der Waals surface area (Å²) in [4.78, 5) is 0. The monoisotopic (exact) mass is 211 g/mol. The Balaban J connectivity index is 4.17. The molecular formula is C12H25N3. The quantitative estimate of drug-likeness (QED) is 0.517. The summed E-state index contributed by atoms with van der Waals surface area (Å²) in [6.07, 6.45) is 2.04. The molecule has 0 bridgehead atoms. The van der Waals surface area contributed by atoms with E-state index in [0.29, 0.717) is 11.8 Å². The van der Waals surface area contributed by atoms with E-state index in [2.05, 4.69) is 44.8 Å². The number of hydrogen-bond donors (Lipinski definition) is 1. The van der Waals surface area contributed by atoms with E-state index in [1.165, 1.54) is 5.57 Å². The zero-order valence-corrected chi connectivity index (χ0v) is 10.7. The average Bonchev–Trinajstić information content (AvgIpc) is 2.16. The van der Waals surface area contributed by atoms with E-state index in [4.69, 9.17) is 0 Å². The molecule has 1 N–H and O–H groups in total. The third-order valence-electron chi connectivity index (χ3n) is 2.56. The first-order valence-corrected chi connectivity index (χ1v) is 5.54. The highest BCUT2D eigenvalue weighted by Gasteiger charge is 2.13. The molecule has 0 aromatic heterocycles. The van der Waals surface area contributed by atoms with Gasteiger partial charge < -0.3 is 5.32 Å². The maximum absolute atomic E-state index is 4.00. The van der Waals surface area contributed by atoms with Crippen molar-refractivity contribution in [3.8, 4) is 0 Å². The fourth-order valence-electron chi connectivity index (χ4n) is 1.45. The summed E-state index contributed by atoms with van der Waals surface area (Å²) < 4.78 is 0. The van der Waals surface area contributed by atoms with Crippen molar-refractivity contribution in [2.24, 2.45) is 16.9 Å². The molecule has 0 amide bonds. The molecule has 15 heavy (non-hydrogen) atoms. The Labute approximate surface area is 94.2 Å². The standard InChI is InChI=1S/C12H25N3/c1-10(2)8-15(14-6)9-12(4)11(3)7-13-5/h8,11-13H,6-7,9H2,1-5H3. The Morgan fingerprint density at radius 2 is 2.00 bits per heavy atom. The van der Waals surface area contributed by atoms with Gasteiger partial charge in [0.05, 0.1) is 0 Å². The third-order valence-corrected chi connectivity index (χ3v) is 2.56. The molecule has 2 unspecified atom stereocenters. The minimum atomic E-state index is 0.596. The van der Waals surface area contributed by atoms with Crippen LogP contribution in [-0.2, 0) is 0 Å². The summed E-state index contributed by atoms with van der Waals surface area (Å²) in [7, 11) is 1.99. The Morgan fingerprint density at radius 1 is 1.40 bits per heavy atom. The van der Waals surface area contributed by atoms with Crippen molar-refractivity contribution >= 4 is 6.72 Å². The van der Waals surface area contributed by atoms with Gasteiger partial charge in [0.2, 0.25) is 0 Å². The van der Waals surface area contributed by atoms with Crippen LogP contribution < -0.4 is 5.32 Å². The van der Waals surface area contributed by atoms with Crippen molar-refractivity contribution in [2.45, 2.75) is 27.7 Å². The molecule has 0 saturated heterocycles. The molecule has 3 nitrogen and oxygen atoms in total. The van der Waals surface area contributed by atoms with E-state index in [9.17, 15) is 0 Å². The summed E-state index contributed by atoms with van der Waals surface area (Å²) in [5.74, 6) is 1.24. The third kappa shape index (κ3) is 6.28. The molecule has 2 atom stereocenters. The van der Waals surface area contributed by atoms with Crippen molar-refractivity contribution in [1.29, 1.82) is 0 Å². The molecule has 0 spiro atoms. The first-order chi connectivity index (χ1) is 7.01. The van der Waals surface area contributed by atoms with Crippen LogP contribution in [-0.4, -0.2) is 31.9 Å². The molecule has 0 aromatic carbocycles. The molecule has 0 rings (SSSR count). The van der Waals surface area contributed by atoms with Crippen LogP contribution >= 0.6 is 0 Å². The van der Waals surface area contributed by atoms with Crippen molar-refractivity contribution in [3.05, 3.63) is 11.8 Å². The first-order valence-electron chi connectivity index (χ1n) is 5.54. The second kappa shape index (κ2) is 7.46. The van der Waals surface area contributed by atoms with E-state index in [-0.39, 0.29) is 0 Å². The Kier molecular flexibility index (Phi) is 7.05. The van der Waals surface area contributed by atoms with E-state index in [1.807, 2.05) is 18.3 Å². The van der Waals surface area contributed by atoms with Crippen molar-refractivity contribution in [2.75, 3.05) is 20.1 Å². The second-order valence-corrected chi connectivity index (χ2v) is 4.48. The average molecular weight is 211 g/mol. The second-order valence-electron chi connectivity index (χ2n) is 4.48. The lowest BCUT2D eigenvalue weighted by Crippen LogP contribution is -2.28. The van der Waals surface area contributed by atoms with Crippen molar-refractivity contribution in [1.82, 2.24) is 10.3 Å². The zero-order valence-electron chi connectivity index (χ0n) is 10.7. The number of hydrogen-bond acceptors (Lipinski definition) is 3. The lowest BCUT2D eigenvalue weighted by molar-refractivity contribution is 0.269. The van der Waals surface area contributed by atoms with Gasteiger partial charge in [0.1, 0.15) is 0 Å². The molecule has 0 aliphatic rings. The minimum absolute atomic E-state index is 0.596. The summed E-state index contributed by atoms with van der Waals surface area (Å²) >= 11 is 0. The fraction of sp³-hybridized carbons (Fsp3) is 0.750. The molecule has 0 fully saturated rings. The molecule has 0 aromatic rings. The van der Waals surface area contributed by atoms with Gasteiger partial charge in [-0.1, -0.05) is 19.4 Å². The van der Waals surface area contributed by atoms with E-state index < -0.39 is 0 Å². The number of rotatable bonds is 7. The number of nitrogens with zero attached hydrogens (tertiary/aromatic N) is 2. The molecule has 0 heterocycles. The van der Waals surface area contributed by atoms with E-state index in [0.717, 1.165) is 13.1 Å². The fourth-order valence-corrected chi connectivity index (χ4v) is 1.45. The van der Waals surface area contributed by atoms with Gasteiger partial charge in [-0.25, -0.2) is 0 Å². The van der Waals surface area contributed by atoms with Crippen LogP contribution in [0.4, 0.5) is 0 Å². The SMILES string of the molecule is C=NN(C=C(C)C)CC(C)C(C)CNC. The Hall–Kier alpha value is -0.830. The highest BCUT2D eigenvalue weighted by Crippen LogP contribution is 2.12. The smallest absolute Gasteiger partial charge is 0.0437 e. The number of allylic oxidation sites excluding steroid dienone is 1. The van der Waals surface area contributed by atoms with Crippen LogP contribution in [0.5, 0.6) is 0 Å². The van der Waals surface area contributed by atoms with Gasteiger partial charge >= 0.3 is 0 Å². The topological polar surface area (TPSA) is 27.6 Å². The summed E-state index contributed by atoms with van der Waals surface area (Å²) in [5.41, 5.74) is 1.25. The Bertz CT molecular complexity index is 207. The maximum Gasteiger partial charge on any atom is 0.0437 e. The molecule has 88 valence electrons. The van der Waals surface area contributed by atoms with Crippen molar-refractivity contribution in [3.63, 3.8) is 0 Å². The van der Waals surface area contributed by atoms with Crippen LogP contribution in [0.25, 0.3) is 0 Å². The molecular weight excluding hydrogens is 186 g/mol. The van der Waals surface area contributed by atoms with Gasteiger partial charge in [-0.05, 0) is 39.3 Å². The largest absolute Gasteiger partial charge is 0.319 e. The molecule has 0 aliphatic heterocycles. The molecule has 0 saturated carbocycles. The summed E-state index contributed by atoms with van der Waals surface area (Å²) in [5, 5.41) is 9.12. The van der Waals surface area contributed by atoms with Crippen LogP contribution in [0.15, 0.2) is 16.9 Å². The molecule has 0 radical (unpaired) electrons. The van der Waals surface area contributed by atoms with Crippen LogP contribution in [0.1, 0.15) is 27.7 Å². The van der Waals surface area contributed by atoms with Crippen LogP contribution in [0, 0.1) is 11.8 Å². The lowest BCUT2D eigenvalue weighted by atomic mass is 9.96. The predicted molar refractivity (Wildman–Crippen MR) is 67.9 cm³/mol. The molecule has 3 heteroatoms. The van der Waals surface area contributed by atoms with Crippen LogP contribution in [0.2, 0.25) is 0 Å². The normalized spacial score (nSPS) is 14.2. The van der Waals surface area contributed by atoms with Crippen molar-refractivity contribution < 1.29 is 0 Å². The maximum atomic E-state index is 4.00. The van der Waals surface area contributed by atoms with Gasteiger partial charge in [0.15, 0.2) is 0 Å². The minimum Gasteiger partial charge on any atom is -0.319 e. The van der Waals surface area contributed by atoms with Gasteiger partial charge in [-0.15, -0.1) is 0 Å². The molecule has 0 aliphatic carbocycles. The van der Waals surface area contributed by atoms with E-state index in [1.54, 1.807) is 0 Å². The van der Waals surface area contributed by atoms with Gasteiger partial charge in [-0.2, -0.15) is 5.10 Å². The van der Waals surface area contributed by atoms with Crippen LogP contribution in [0.3, 0.4) is 0 Å². The highest BCUT2D eigenvalue weighted by atomic mass is 15.4. The van der Waals surface area contributed by atoms with Gasteiger partial charge in [-0.3, -0.25) is 5.01 Å². The number of nitrogens with one attached hydrogen (secondary N) is 1. The first kappa shape index (κ1) is 14.2.